The van der Waals surface area contributed by atoms with Gasteiger partial charge in [-0.1, -0.05) is 29.8 Å². The van der Waals surface area contributed by atoms with E-state index in [1.807, 2.05) is 30.3 Å². The molecule has 0 spiro atoms. The van der Waals surface area contributed by atoms with Gasteiger partial charge in [-0.15, -0.1) is 0 Å². The highest BCUT2D eigenvalue weighted by Gasteiger charge is 2.11. The molecule has 0 aliphatic rings. The lowest BCUT2D eigenvalue weighted by molar-refractivity contribution is 0.631. The third-order valence-corrected chi connectivity index (χ3v) is 3.50. The van der Waals surface area contributed by atoms with Gasteiger partial charge in [-0.2, -0.15) is 0 Å². The smallest absolute Gasteiger partial charge is 0.269 e. The van der Waals surface area contributed by atoms with Crippen molar-refractivity contribution in [3.63, 3.8) is 0 Å². The molecule has 0 bridgehead atoms. The maximum Gasteiger partial charge on any atom is 0.269 e. The Kier molecular flexibility index (Phi) is 2.03. The number of fused-ring (bicyclic) bond motifs is 4. The highest BCUT2D eigenvalue weighted by atomic mass is 35.5. The summed E-state index contributed by atoms with van der Waals surface area (Å²) in [5.74, 6) is 0. The normalized spacial score (nSPS) is 11.6. The molecule has 2 heterocycles. The summed E-state index contributed by atoms with van der Waals surface area (Å²) < 4.78 is 7.35. The zero-order chi connectivity index (χ0) is 13.0. The molecule has 2 aromatic carbocycles. The van der Waals surface area contributed by atoms with E-state index in [0.29, 0.717) is 21.7 Å². The summed E-state index contributed by atoms with van der Waals surface area (Å²) in [4.78, 5) is 12.6. The van der Waals surface area contributed by atoms with E-state index in [1.165, 1.54) is 0 Å². The van der Waals surface area contributed by atoms with Crippen molar-refractivity contribution in [3.05, 3.63) is 63.9 Å². The quantitative estimate of drug-likeness (QED) is 0.486. The van der Waals surface area contributed by atoms with Gasteiger partial charge < -0.3 is 4.42 Å². The molecular formula is C15H8ClNO2. The molecule has 19 heavy (non-hydrogen) atoms. The predicted molar refractivity (Wildman–Crippen MR) is 76.0 cm³/mol. The summed E-state index contributed by atoms with van der Waals surface area (Å²) in [6.07, 6.45) is 0. The Morgan fingerprint density at radius 1 is 1.05 bits per heavy atom. The maximum absolute atomic E-state index is 12.6. The average molecular weight is 270 g/mol. The summed E-state index contributed by atoms with van der Waals surface area (Å²) in [7, 11) is 0. The monoisotopic (exact) mass is 269 g/mol. The molecule has 4 rings (SSSR count). The van der Waals surface area contributed by atoms with Gasteiger partial charge in [-0.25, -0.2) is 4.40 Å². The molecule has 2 aromatic heterocycles. The summed E-state index contributed by atoms with van der Waals surface area (Å²) in [5.41, 5.74) is 1.82. The first-order chi connectivity index (χ1) is 9.24. The molecule has 0 fully saturated rings. The van der Waals surface area contributed by atoms with Gasteiger partial charge >= 0.3 is 0 Å². The van der Waals surface area contributed by atoms with Gasteiger partial charge in [0.15, 0.2) is 0 Å². The van der Waals surface area contributed by atoms with Crippen LogP contribution in [0.1, 0.15) is 0 Å². The summed E-state index contributed by atoms with van der Waals surface area (Å²) in [5, 5.41) is 1.99. The lowest BCUT2D eigenvalue weighted by atomic mass is 10.2. The number of hydrogen-bond acceptors (Lipinski definition) is 2. The fraction of sp³-hybridized carbons (Fsp3) is 0. The maximum atomic E-state index is 12.6. The van der Waals surface area contributed by atoms with Crippen LogP contribution in [0.2, 0.25) is 5.02 Å². The van der Waals surface area contributed by atoms with E-state index < -0.39 is 0 Å². The van der Waals surface area contributed by atoms with Crippen molar-refractivity contribution in [1.82, 2.24) is 4.40 Å². The van der Waals surface area contributed by atoms with Crippen LogP contribution in [0.3, 0.4) is 0 Å². The highest BCUT2D eigenvalue weighted by Crippen LogP contribution is 2.23. The Bertz CT molecular complexity index is 997. The predicted octanol–water partition coefficient (Wildman–Crippen LogP) is 3.85. The average Bonchev–Trinajstić information content (AvgIpc) is 2.78. The number of para-hydroxylation sites is 1. The zero-order valence-electron chi connectivity index (χ0n) is 9.76. The van der Waals surface area contributed by atoms with Gasteiger partial charge in [0, 0.05) is 16.5 Å². The van der Waals surface area contributed by atoms with E-state index in [4.69, 9.17) is 16.0 Å². The zero-order valence-corrected chi connectivity index (χ0v) is 10.5. The first kappa shape index (κ1) is 10.6. The van der Waals surface area contributed by atoms with E-state index in [9.17, 15) is 4.79 Å². The van der Waals surface area contributed by atoms with Crippen LogP contribution < -0.4 is 5.56 Å². The van der Waals surface area contributed by atoms with Gasteiger partial charge in [0.05, 0.1) is 10.9 Å². The third kappa shape index (κ3) is 1.42. The van der Waals surface area contributed by atoms with Crippen molar-refractivity contribution in [2.24, 2.45) is 0 Å². The lowest BCUT2D eigenvalue weighted by Gasteiger charge is -2.00. The minimum absolute atomic E-state index is 0.111. The van der Waals surface area contributed by atoms with Crippen LogP contribution in [-0.4, -0.2) is 4.40 Å². The summed E-state index contributed by atoms with van der Waals surface area (Å²) >= 11 is 5.94. The van der Waals surface area contributed by atoms with Crippen LogP contribution in [0.15, 0.2) is 57.7 Å². The van der Waals surface area contributed by atoms with Crippen LogP contribution in [0.25, 0.3) is 27.6 Å². The molecule has 0 aliphatic heterocycles. The minimum atomic E-state index is -0.111. The SMILES string of the molecule is O=c1c2cc(Cl)ccc2oc2cc3ccccc3n12. The molecule has 0 radical (unpaired) electrons. The summed E-state index contributed by atoms with van der Waals surface area (Å²) in [6.45, 7) is 0. The van der Waals surface area contributed by atoms with Crippen molar-refractivity contribution in [2.45, 2.75) is 0 Å². The van der Waals surface area contributed by atoms with Gasteiger partial charge in [0.25, 0.3) is 5.56 Å². The molecule has 0 N–H and O–H groups in total. The Morgan fingerprint density at radius 2 is 1.89 bits per heavy atom. The molecule has 0 saturated heterocycles. The second-order valence-corrected chi connectivity index (χ2v) is 4.86. The molecule has 4 aromatic rings. The fourth-order valence-electron chi connectivity index (χ4n) is 2.41. The Hall–Kier alpha value is -2.26. The van der Waals surface area contributed by atoms with Crippen molar-refractivity contribution >= 4 is 39.2 Å². The van der Waals surface area contributed by atoms with Crippen LogP contribution in [0.5, 0.6) is 0 Å². The molecular weight excluding hydrogens is 262 g/mol. The third-order valence-electron chi connectivity index (χ3n) is 3.27. The molecule has 3 nitrogen and oxygen atoms in total. The van der Waals surface area contributed by atoms with Crippen LogP contribution in [0, 0.1) is 0 Å². The lowest BCUT2D eigenvalue weighted by Crippen LogP contribution is -2.11. The Balaban J connectivity index is 2.34. The number of nitrogens with zero attached hydrogens (tertiary/aromatic N) is 1. The Morgan fingerprint density at radius 3 is 2.79 bits per heavy atom. The molecule has 0 amide bonds. The molecule has 0 saturated carbocycles. The molecule has 0 aliphatic carbocycles. The first-order valence-electron chi connectivity index (χ1n) is 5.86. The van der Waals surface area contributed by atoms with Gasteiger partial charge in [0.2, 0.25) is 5.71 Å². The number of hydrogen-bond donors (Lipinski definition) is 0. The summed E-state index contributed by atoms with van der Waals surface area (Å²) in [6, 6.07) is 14.6. The second-order valence-electron chi connectivity index (χ2n) is 4.42. The van der Waals surface area contributed by atoms with Crippen molar-refractivity contribution in [3.8, 4) is 0 Å². The van der Waals surface area contributed by atoms with Gasteiger partial charge in [0.1, 0.15) is 5.58 Å². The number of aromatic nitrogens is 1. The van der Waals surface area contributed by atoms with Crippen molar-refractivity contribution in [2.75, 3.05) is 0 Å². The van der Waals surface area contributed by atoms with E-state index >= 15 is 0 Å². The fourth-order valence-corrected chi connectivity index (χ4v) is 2.58. The van der Waals surface area contributed by atoms with Crippen LogP contribution in [0.4, 0.5) is 0 Å². The van der Waals surface area contributed by atoms with Crippen LogP contribution >= 0.6 is 11.6 Å². The minimum Gasteiger partial charge on any atom is -0.439 e. The Labute approximate surface area is 112 Å². The first-order valence-corrected chi connectivity index (χ1v) is 6.24. The number of halogens is 1. The van der Waals surface area contributed by atoms with E-state index in [2.05, 4.69) is 0 Å². The topological polar surface area (TPSA) is 34.6 Å². The highest BCUT2D eigenvalue weighted by molar-refractivity contribution is 6.31. The molecule has 4 heteroatoms. The second kappa shape index (κ2) is 3.62. The van der Waals surface area contributed by atoms with E-state index in [1.54, 1.807) is 22.6 Å². The van der Waals surface area contributed by atoms with E-state index in [0.717, 1.165) is 10.9 Å². The molecule has 0 unspecified atom stereocenters. The number of benzene rings is 2. The number of rotatable bonds is 0. The van der Waals surface area contributed by atoms with E-state index in [-0.39, 0.29) is 5.56 Å². The van der Waals surface area contributed by atoms with Crippen molar-refractivity contribution in [1.29, 1.82) is 0 Å². The molecule has 0 atom stereocenters. The van der Waals surface area contributed by atoms with Gasteiger partial charge in [-0.3, -0.25) is 4.79 Å². The largest absolute Gasteiger partial charge is 0.439 e. The standard InChI is InChI=1S/C15H8ClNO2/c16-10-5-6-13-11(8-10)15(18)17-12-4-2-1-3-9(12)7-14(17)19-13/h1-8H. The van der Waals surface area contributed by atoms with Gasteiger partial charge in [-0.05, 0) is 24.3 Å². The van der Waals surface area contributed by atoms with Crippen molar-refractivity contribution < 1.29 is 4.42 Å². The molecule has 92 valence electrons. The van der Waals surface area contributed by atoms with Crippen LogP contribution in [-0.2, 0) is 0 Å².